The van der Waals surface area contributed by atoms with Gasteiger partial charge in [0.25, 0.3) is 17.7 Å². The predicted molar refractivity (Wildman–Crippen MR) is 136 cm³/mol. The molecule has 2 unspecified atom stereocenters. The van der Waals surface area contributed by atoms with E-state index in [9.17, 15) is 14.4 Å². The third-order valence-electron chi connectivity index (χ3n) is 7.51. The second-order valence-electron chi connectivity index (χ2n) is 9.27. The van der Waals surface area contributed by atoms with Crippen LogP contribution in [-0.2, 0) is 16.9 Å². The topological polar surface area (TPSA) is 69.7 Å². The van der Waals surface area contributed by atoms with Crippen LogP contribution in [0.4, 0.5) is 11.4 Å². The molecule has 7 rings (SSSR count). The van der Waals surface area contributed by atoms with Crippen LogP contribution >= 0.6 is 0 Å². The maximum absolute atomic E-state index is 14.5. The van der Waals surface area contributed by atoms with Gasteiger partial charge in [0.15, 0.2) is 5.54 Å². The number of rotatable bonds is 3. The number of carbonyl (C=O) groups excluding carboxylic acids is 3. The minimum atomic E-state index is -1.46. The molecule has 6 nitrogen and oxygen atoms in total. The number of hydrogen-bond donors (Lipinski definition) is 1. The molecule has 0 fully saturated rings. The summed E-state index contributed by atoms with van der Waals surface area (Å²) in [6.45, 7) is 0.301. The minimum Gasteiger partial charge on any atom is -0.350 e. The molecule has 0 radical (unpaired) electrons. The van der Waals surface area contributed by atoms with Crippen molar-refractivity contribution in [2.75, 3.05) is 9.80 Å². The summed E-state index contributed by atoms with van der Waals surface area (Å²) in [5.74, 6) is -0.738. The fraction of sp³-hybridized carbons (Fsp3) is 0.100. The van der Waals surface area contributed by atoms with Gasteiger partial charge in [-0.1, -0.05) is 78.9 Å². The molecule has 36 heavy (non-hydrogen) atoms. The van der Waals surface area contributed by atoms with Crippen molar-refractivity contribution in [3.8, 4) is 0 Å². The van der Waals surface area contributed by atoms with Crippen LogP contribution in [-0.4, -0.2) is 17.7 Å². The molecule has 3 heterocycles. The Kier molecular flexibility index (Phi) is 4.24. The maximum atomic E-state index is 14.5. The first kappa shape index (κ1) is 20.6. The molecule has 4 aromatic rings. The Labute approximate surface area is 207 Å². The highest BCUT2D eigenvalue weighted by Crippen LogP contribution is 2.61. The first-order valence-electron chi connectivity index (χ1n) is 11.9. The first-order chi connectivity index (χ1) is 17.6. The van der Waals surface area contributed by atoms with Crippen LogP contribution in [0, 0.1) is 0 Å². The molecule has 174 valence electrons. The molecular weight excluding hydrogens is 450 g/mol. The quantitative estimate of drug-likeness (QED) is 0.476. The summed E-state index contributed by atoms with van der Waals surface area (Å²) in [6.07, 6.45) is 0. The van der Waals surface area contributed by atoms with Crippen molar-refractivity contribution in [3.05, 3.63) is 131 Å². The molecule has 3 aliphatic rings. The molecule has 0 saturated heterocycles. The van der Waals surface area contributed by atoms with Crippen molar-refractivity contribution in [1.29, 1.82) is 0 Å². The molecule has 0 saturated carbocycles. The molecule has 6 heteroatoms. The zero-order valence-electron chi connectivity index (χ0n) is 19.2. The highest BCUT2D eigenvalue weighted by Gasteiger charge is 2.67. The lowest BCUT2D eigenvalue weighted by Crippen LogP contribution is -2.63. The standard InChI is InChI=1S/C30H21N3O3/c34-27-21-13-5-4-12-20(21)26-30(29(36)31-18-19-10-2-1-3-11-19)23-15-7-6-14-22(23)28(35)33(30)25-17-9-8-16-24(25)32(26)27/h1-17,26H,18H2,(H,31,36). The van der Waals surface area contributed by atoms with E-state index in [0.29, 0.717) is 34.6 Å². The van der Waals surface area contributed by atoms with Crippen molar-refractivity contribution < 1.29 is 14.4 Å². The molecule has 0 aromatic heterocycles. The summed E-state index contributed by atoms with van der Waals surface area (Å²) in [5, 5.41) is 3.11. The van der Waals surface area contributed by atoms with Gasteiger partial charge in [-0.25, -0.2) is 0 Å². The predicted octanol–water partition coefficient (Wildman–Crippen LogP) is 4.57. The zero-order valence-corrected chi connectivity index (χ0v) is 19.2. The fourth-order valence-electron chi connectivity index (χ4n) is 6.07. The number of carbonyl (C=O) groups is 3. The number of anilines is 2. The van der Waals surface area contributed by atoms with E-state index in [1.807, 2.05) is 91.0 Å². The Morgan fingerprint density at radius 2 is 1.36 bits per heavy atom. The molecule has 2 atom stereocenters. The summed E-state index contributed by atoms with van der Waals surface area (Å²) in [6, 6.07) is 30.9. The summed E-state index contributed by atoms with van der Waals surface area (Å²) >= 11 is 0. The molecule has 0 aliphatic carbocycles. The maximum Gasteiger partial charge on any atom is 0.260 e. The Morgan fingerprint density at radius 3 is 2.17 bits per heavy atom. The highest BCUT2D eigenvalue weighted by atomic mass is 16.2. The van der Waals surface area contributed by atoms with Gasteiger partial charge in [0.05, 0.1) is 11.4 Å². The van der Waals surface area contributed by atoms with Crippen molar-refractivity contribution in [3.63, 3.8) is 0 Å². The normalized spacial score (nSPS) is 20.8. The third kappa shape index (κ3) is 2.48. The number of para-hydroxylation sites is 2. The highest BCUT2D eigenvalue weighted by molar-refractivity contribution is 6.24. The Balaban J connectivity index is 1.52. The van der Waals surface area contributed by atoms with Crippen molar-refractivity contribution >= 4 is 29.1 Å². The zero-order chi connectivity index (χ0) is 24.4. The SMILES string of the molecule is O=C1c2ccccc2C2N1c1ccccc1N1C(=O)c3ccccc3C21C(=O)NCc1ccccc1. The monoisotopic (exact) mass is 471 g/mol. The van der Waals surface area contributed by atoms with Gasteiger partial charge >= 0.3 is 0 Å². The van der Waals surface area contributed by atoms with Gasteiger partial charge in [0.1, 0.15) is 6.04 Å². The molecule has 0 bridgehead atoms. The van der Waals surface area contributed by atoms with E-state index in [2.05, 4.69) is 5.32 Å². The summed E-state index contributed by atoms with van der Waals surface area (Å²) in [4.78, 5) is 45.6. The number of benzene rings is 4. The van der Waals surface area contributed by atoms with E-state index in [0.717, 1.165) is 11.1 Å². The van der Waals surface area contributed by atoms with E-state index in [-0.39, 0.29) is 17.7 Å². The van der Waals surface area contributed by atoms with Gasteiger partial charge in [-0.3, -0.25) is 24.2 Å². The average molecular weight is 472 g/mol. The molecular formula is C30H21N3O3. The van der Waals surface area contributed by atoms with Crippen LogP contribution in [0.3, 0.4) is 0 Å². The van der Waals surface area contributed by atoms with E-state index in [1.54, 1.807) is 21.9 Å². The van der Waals surface area contributed by atoms with Crippen LogP contribution in [0.15, 0.2) is 103 Å². The number of hydrogen-bond acceptors (Lipinski definition) is 3. The van der Waals surface area contributed by atoms with E-state index in [4.69, 9.17) is 0 Å². The second-order valence-corrected chi connectivity index (χ2v) is 9.27. The summed E-state index contributed by atoms with van der Waals surface area (Å²) in [5.41, 5.74) is 3.02. The first-order valence-corrected chi connectivity index (χ1v) is 11.9. The smallest absolute Gasteiger partial charge is 0.260 e. The van der Waals surface area contributed by atoms with Crippen LogP contribution in [0.5, 0.6) is 0 Å². The van der Waals surface area contributed by atoms with Crippen LogP contribution < -0.4 is 15.1 Å². The molecule has 3 amide bonds. The van der Waals surface area contributed by atoms with E-state index >= 15 is 0 Å². The van der Waals surface area contributed by atoms with Crippen LogP contribution in [0.2, 0.25) is 0 Å². The molecule has 3 aliphatic heterocycles. The van der Waals surface area contributed by atoms with Crippen LogP contribution in [0.1, 0.15) is 43.4 Å². The molecule has 1 N–H and O–H groups in total. The third-order valence-corrected chi connectivity index (χ3v) is 7.51. The lowest BCUT2D eigenvalue weighted by molar-refractivity contribution is -0.127. The lowest BCUT2D eigenvalue weighted by atomic mass is 9.76. The molecule has 4 aromatic carbocycles. The molecule has 0 spiro atoms. The Hall–Kier alpha value is -4.71. The van der Waals surface area contributed by atoms with Gasteiger partial charge in [-0.15, -0.1) is 0 Å². The van der Waals surface area contributed by atoms with Crippen molar-refractivity contribution in [1.82, 2.24) is 5.32 Å². The van der Waals surface area contributed by atoms with E-state index < -0.39 is 11.6 Å². The number of fused-ring (bicyclic) bond motifs is 10. The average Bonchev–Trinajstić information content (AvgIpc) is 3.38. The van der Waals surface area contributed by atoms with Crippen LogP contribution in [0.25, 0.3) is 0 Å². The fourth-order valence-corrected chi connectivity index (χ4v) is 6.07. The summed E-state index contributed by atoms with van der Waals surface area (Å²) < 4.78 is 0. The van der Waals surface area contributed by atoms with Crippen molar-refractivity contribution in [2.24, 2.45) is 0 Å². The number of nitrogens with one attached hydrogen (secondary N) is 1. The van der Waals surface area contributed by atoms with Gasteiger partial charge in [0.2, 0.25) is 0 Å². The lowest BCUT2D eigenvalue weighted by Gasteiger charge is -2.50. The van der Waals surface area contributed by atoms with Gasteiger partial charge in [-0.05, 0) is 35.4 Å². The van der Waals surface area contributed by atoms with E-state index in [1.165, 1.54) is 0 Å². The number of nitrogens with zero attached hydrogens (tertiary/aromatic N) is 2. The Bertz CT molecular complexity index is 1580. The second kappa shape index (κ2) is 7.39. The van der Waals surface area contributed by atoms with Gasteiger partial charge < -0.3 is 5.32 Å². The summed E-state index contributed by atoms with van der Waals surface area (Å²) in [7, 11) is 0. The van der Waals surface area contributed by atoms with Gasteiger partial charge in [0, 0.05) is 23.2 Å². The van der Waals surface area contributed by atoms with Gasteiger partial charge in [-0.2, -0.15) is 0 Å². The van der Waals surface area contributed by atoms with Crippen molar-refractivity contribution in [2.45, 2.75) is 18.1 Å². The number of amides is 3. The largest absolute Gasteiger partial charge is 0.350 e. The minimum absolute atomic E-state index is 0.172. The Morgan fingerprint density at radius 1 is 0.722 bits per heavy atom.